The molecule has 0 fully saturated rings. The van der Waals surface area contributed by atoms with E-state index in [4.69, 9.17) is 14.2 Å². The van der Waals surface area contributed by atoms with Gasteiger partial charge in [-0.25, -0.2) is 4.79 Å². The van der Waals surface area contributed by atoms with Crippen molar-refractivity contribution in [1.82, 2.24) is 0 Å². The van der Waals surface area contributed by atoms with E-state index in [0.717, 1.165) is 0 Å². The van der Waals surface area contributed by atoms with Crippen LogP contribution in [0.25, 0.3) is 0 Å². The maximum atomic E-state index is 11.5. The highest BCUT2D eigenvalue weighted by molar-refractivity contribution is 5.94. The Balaban J connectivity index is 3.36. The number of esters is 1. The molecule has 0 aromatic heterocycles. The lowest BCUT2D eigenvalue weighted by atomic mass is 10.1. The molecule has 0 saturated heterocycles. The van der Waals surface area contributed by atoms with E-state index in [1.54, 1.807) is 6.07 Å². The van der Waals surface area contributed by atoms with Gasteiger partial charge >= 0.3 is 5.97 Å². The first-order valence-corrected chi connectivity index (χ1v) is 4.56. The summed E-state index contributed by atoms with van der Waals surface area (Å²) < 4.78 is 19.9. The predicted molar refractivity (Wildman–Crippen MR) is 57.4 cm³/mol. The Morgan fingerprint density at radius 1 is 1.00 bits per heavy atom. The van der Waals surface area contributed by atoms with Crippen molar-refractivity contribution in [2.75, 3.05) is 28.4 Å². The molecule has 0 amide bonds. The minimum Gasteiger partial charge on any atom is -0.497 e. The van der Waals surface area contributed by atoms with Crippen LogP contribution in [0.2, 0.25) is 0 Å². The highest BCUT2D eigenvalue weighted by atomic mass is 16.5. The molecule has 1 aromatic carbocycles. The second kappa shape index (κ2) is 5.25. The zero-order valence-electron chi connectivity index (χ0n) is 9.70. The average molecular weight is 226 g/mol. The quantitative estimate of drug-likeness (QED) is 0.728. The number of carbonyl (C=O) groups excluding carboxylic acids is 1. The van der Waals surface area contributed by atoms with Crippen molar-refractivity contribution >= 4 is 5.97 Å². The third-order valence-corrected chi connectivity index (χ3v) is 2.09. The second-order valence-electron chi connectivity index (χ2n) is 2.90. The number of benzene rings is 1. The molecule has 0 bridgehead atoms. The molecule has 1 aromatic rings. The molecule has 0 unspecified atom stereocenters. The van der Waals surface area contributed by atoms with Crippen molar-refractivity contribution in [3.8, 4) is 17.2 Å². The Kier molecular flexibility index (Phi) is 3.99. The smallest absolute Gasteiger partial charge is 0.341 e. The summed E-state index contributed by atoms with van der Waals surface area (Å²) in [5.41, 5.74) is 0.265. The molecule has 0 aliphatic carbocycles. The summed E-state index contributed by atoms with van der Waals surface area (Å²) in [6, 6.07) is 3.17. The van der Waals surface area contributed by atoms with Crippen LogP contribution in [0.4, 0.5) is 0 Å². The Labute approximate surface area is 93.9 Å². The zero-order chi connectivity index (χ0) is 12.1. The van der Waals surface area contributed by atoms with Gasteiger partial charge in [-0.1, -0.05) is 0 Å². The molecule has 0 aliphatic heterocycles. The van der Waals surface area contributed by atoms with Crippen LogP contribution in [0.3, 0.4) is 0 Å². The highest BCUT2D eigenvalue weighted by Crippen LogP contribution is 2.35. The summed E-state index contributed by atoms with van der Waals surface area (Å²) in [5.74, 6) is 0.740. The highest BCUT2D eigenvalue weighted by Gasteiger charge is 2.19. The van der Waals surface area contributed by atoms with Crippen molar-refractivity contribution in [2.45, 2.75) is 0 Å². The maximum absolute atomic E-state index is 11.5. The molecule has 5 heteroatoms. The van der Waals surface area contributed by atoms with Crippen LogP contribution in [0.5, 0.6) is 17.2 Å². The van der Waals surface area contributed by atoms with Crippen molar-refractivity contribution < 1.29 is 23.7 Å². The van der Waals surface area contributed by atoms with Gasteiger partial charge in [0, 0.05) is 6.07 Å². The Morgan fingerprint density at radius 3 is 2.12 bits per heavy atom. The minimum atomic E-state index is -0.506. The van der Waals surface area contributed by atoms with Gasteiger partial charge in [-0.05, 0) is 6.07 Å². The molecule has 0 aliphatic rings. The molecule has 0 spiro atoms. The lowest BCUT2D eigenvalue weighted by molar-refractivity contribution is 0.0596. The summed E-state index contributed by atoms with van der Waals surface area (Å²) in [4.78, 5) is 11.5. The van der Waals surface area contributed by atoms with Crippen molar-refractivity contribution in [1.29, 1.82) is 0 Å². The van der Waals surface area contributed by atoms with E-state index in [-0.39, 0.29) is 5.56 Å². The van der Waals surface area contributed by atoms with E-state index in [0.29, 0.717) is 17.2 Å². The SMILES string of the molecule is COC(=O)c1cc(OC)cc(OC)c1OC. The molecule has 0 atom stereocenters. The van der Waals surface area contributed by atoms with Gasteiger partial charge < -0.3 is 18.9 Å². The number of methoxy groups -OCH3 is 4. The third kappa shape index (κ3) is 2.18. The largest absolute Gasteiger partial charge is 0.497 e. The van der Waals surface area contributed by atoms with Crippen LogP contribution < -0.4 is 14.2 Å². The normalized spacial score (nSPS) is 9.50. The molecule has 0 heterocycles. The van der Waals surface area contributed by atoms with Gasteiger partial charge in [0.25, 0.3) is 0 Å². The summed E-state index contributed by atoms with van der Waals surface area (Å²) in [6.45, 7) is 0. The summed E-state index contributed by atoms with van der Waals surface area (Å²) >= 11 is 0. The minimum absolute atomic E-state index is 0.265. The number of hydrogen-bond donors (Lipinski definition) is 0. The summed E-state index contributed by atoms with van der Waals surface area (Å²) in [7, 11) is 5.74. The Hall–Kier alpha value is -1.91. The first kappa shape index (κ1) is 12.2. The van der Waals surface area contributed by atoms with Gasteiger partial charge in [-0.15, -0.1) is 0 Å². The van der Waals surface area contributed by atoms with Crippen LogP contribution in [0, 0.1) is 0 Å². The van der Waals surface area contributed by atoms with Crippen LogP contribution in [0.15, 0.2) is 12.1 Å². The van der Waals surface area contributed by atoms with E-state index in [1.165, 1.54) is 34.5 Å². The topological polar surface area (TPSA) is 54.0 Å². The summed E-state index contributed by atoms with van der Waals surface area (Å²) in [5, 5.41) is 0. The number of carbonyl (C=O) groups is 1. The van der Waals surface area contributed by atoms with Crippen molar-refractivity contribution in [2.24, 2.45) is 0 Å². The Bertz CT molecular complexity index is 386. The first-order valence-electron chi connectivity index (χ1n) is 4.56. The van der Waals surface area contributed by atoms with Crippen LogP contribution in [-0.2, 0) is 4.74 Å². The average Bonchev–Trinajstić information content (AvgIpc) is 2.35. The maximum Gasteiger partial charge on any atom is 0.341 e. The van der Waals surface area contributed by atoms with E-state index in [1.807, 2.05) is 0 Å². The molecular formula is C11H14O5. The predicted octanol–water partition coefficient (Wildman–Crippen LogP) is 1.50. The molecular weight excluding hydrogens is 212 g/mol. The molecule has 5 nitrogen and oxygen atoms in total. The monoisotopic (exact) mass is 226 g/mol. The molecule has 0 N–H and O–H groups in total. The van der Waals surface area contributed by atoms with Crippen molar-refractivity contribution in [3.63, 3.8) is 0 Å². The number of ether oxygens (including phenoxy) is 4. The van der Waals surface area contributed by atoms with E-state index < -0.39 is 5.97 Å². The van der Waals surface area contributed by atoms with Crippen LogP contribution in [0.1, 0.15) is 10.4 Å². The van der Waals surface area contributed by atoms with Gasteiger partial charge in [0.05, 0.1) is 28.4 Å². The van der Waals surface area contributed by atoms with Crippen LogP contribution >= 0.6 is 0 Å². The molecule has 16 heavy (non-hydrogen) atoms. The first-order chi connectivity index (χ1) is 7.67. The van der Waals surface area contributed by atoms with Crippen LogP contribution in [-0.4, -0.2) is 34.4 Å². The second-order valence-corrected chi connectivity index (χ2v) is 2.90. The van der Waals surface area contributed by atoms with Gasteiger partial charge in [0.2, 0.25) is 0 Å². The van der Waals surface area contributed by atoms with E-state index in [2.05, 4.69) is 4.74 Å². The lowest BCUT2D eigenvalue weighted by Crippen LogP contribution is -2.06. The Morgan fingerprint density at radius 2 is 1.69 bits per heavy atom. The molecule has 0 radical (unpaired) electrons. The van der Waals surface area contributed by atoms with Gasteiger partial charge in [-0.3, -0.25) is 0 Å². The fraction of sp³-hybridized carbons (Fsp3) is 0.364. The lowest BCUT2D eigenvalue weighted by Gasteiger charge is -2.13. The van der Waals surface area contributed by atoms with Gasteiger partial charge in [-0.2, -0.15) is 0 Å². The fourth-order valence-electron chi connectivity index (χ4n) is 1.32. The molecule has 88 valence electrons. The molecule has 1 rings (SSSR count). The van der Waals surface area contributed by atoms with E-state index >= 15 is 0 Å². The number of hydrogen-bond acceptors (Lipinski definition) is 5. The zero-order valence-corrected chi connectivity index (χ0v) is 9.70. The molecule has 0 saturated carbocycles. The number of rotatable bonds is 4. The van der Waals surface area contributed by atoms with Gasteiger partial charge in [0.1, 0.15) is 11.3 Å². The van der Waals surface area contributed by atoms with Crippen molar-refractivity contribution in [3.05, 3.63) is 17.7 Å². The summed E-state index contributed by atoms with van der Waals surface area (Å²) in [6.07, 6.45) is 0. The standard InChI is InChI=1S/C11H14O5/c1-13-7-5-8(11(12)16-4)10(15-3)9(6-7)14-2/h5-6H,1-4H3. The van der Waals surface area contributed by atoms with Gasteiger partial charge in [0.15, 0.2) is 11.5 Å². The third-order valence-electron chi connectivity index (χ3n) is 2.09. The fourth-order valence-corrected chi connectivity index (χ4v) is 1.32. The van der Waals surface area contributed by atoms with E-state index in [9.17, 15) is 4.79 Å².